The molecule has 2 aromatic rings. The first-order valence-corrected chi connectivity index (χ1v) is 9.16. The van der Waals surface area contributed by atoms with E-state index in [1.165, 1.54) is 17.1 Å². The zero-order valence-corrected chi connectivity index (χ0v) is 13.3. The predicted molar refractivity (Wildman–Crippen MR) is 91.7 cm³/mol. The van der Waals surface area contributed by atoms with Crippen LogP contribution in [0, 0.1) is 0 Å². The Labute approximate surface area is 133 Å². The number of hydrogen-bond acceptors (Lipinski definition) is 4. The lowest BCUT2D eigenvalue weighted by Gasteiger charge is -2.32. The molecule has 0 N–H and O–H groups in total. The van der Waals surface area contributed by atoms with Crippen molar-refractivity contribution in [2.75, 3.05) is 23.2 Å². The van der Waals surface area contributed by atoms with Crippen LogP contribution in [0.5, 0.6) is 0 Å². The molecule has 2 aromatic carbocycles. The van der Waals surface area contributed by atoms with E-state index in [0.29, 0.717) is 0 Å². The minimum Gasteiger partial charge on any atom is -0.270 e. The van der Waals surface area contributed by atoms with Crippen molar-refractivity contribution in [2.24, 2.45) is 0 Å². The number of benzene rings is 2. The molecule has 0 aromatic heterocycles. The number of rotatable bonds is 2. The number of hydrogen-bond donors (Lipinski definition) is 0. The van der Waals surface area contributed by atoms with Crippen LogP contribution in [0.3, 0.4) is 0 Å². The molecule has 1 spiro atoms. The van der Waals surface area contributed by atoms with E-state index in [0.717, 1.165) is 12.3 Å². The monoisotopic (exact) mass is 315 g/mol. The smallest absolute Gasteiger partial charge is 0.114 e. The molecule has 0 bridgehead atoms. The highest BCUT2D eigenvalue weighted by molar-refractivity contribution is 8.21. The molecule has 2 aliphatic heterocycles. The van der Waals surface area contributed by atoms with Crippen LogP contribution < -0.4 is 5.06 Å². The normalized spacial score (nSPS) is 23.8. The van der Waals surface area contributed by atoms with Gasteiger partial charge in [-0.05, 0) is 17.7 Å². The maximum Gasteiger partial charge on any atom is 0.114 e. The van der Waals surface area contributed by atoms with Crippen molar-refractivity contribution >= 4 is 29.2 Å². The van der Waals surface area contributed by atoms with Crippen molar-refractivity contribution in [3.63, 3.8) is 0 Å². The van der Waals surface area contributed by atoms with Crippen molar-refractivity contribution in [2.45, 2.75) is 10.1 Å². The average molecular weight is 315 g/mol. The summed E-state index contributed by atoms with van der Waals surface area (Å²) in [6.07, 6.45) is 0. The quantitative estimate of drug-likeness (QED) is 0.816. The van der Waals surface area contributed by atoms with E-state index in [9.17, 15) is 0 Å². The lowest BCUT2D eigenvalue weighted by atomic mass is 10.0. The third-order valence-electron chi connectivity index (χ3n) is 3.96. The molecule has 2 aliphatic rings. The molecule has 0 unspecified atom stereocenters. The first kappa shape index (κ1) is 13.6. The Morgan fingerprint density at radius 2 is 1.52 bits per heavy atom. The lowest BCUT2D eigenvalue weighted by Crippen LogP contribution is -2.31. The number of thioether (sulfide) groups is 2. The van der Waals surface area contributed by atoms with Gasteiger partial charge in [-0.1, -0.05) is 48.5 Å². The molecule has 108 valence electrons. The van der Waals surface area contributed by atoms with Crippen LogP contribution >= 0.6 is 23.5 Å². The van der Waals surface area contributed by atoms with Crippen LogP contribution in [-0.4, -0.2) is 22.2 Å². The molecule has 4 heteroatoms. The highest BCUT2D eigenvalue weighted by Gasteiger charge is 2.53. The van der Waals surface area contributed by atoms with Gasteiger partial charge in [0.2, 0.25) is 0 Å². The SMILES string of the molecule is c1ccc([C@@H]2N(c3ccccc3)OCC23SCCS3)cc1. The standard InChI is InChI=1S/C17H17NOS2/c1-3-7-14(8-4-1)16-17(20-11-12-21-17)13-19-18(16)15-9-5-2-6-10-15/h1-10,16H,11-13H2/t16-/m0/s1. The van der Waals surface area contributed by atoms with Crippen LogP contribution in [0.15, 0.2) is 60.7 Å². The van der Waals surface area contributed by atoms with E-state index in [4.69, 9.17) is 4.84 Å². The Bertz CT molecular complexity index is 599. The molecule has 2 saturated heterocycles. The molecule has 2 nitrogen and oxygen atoms in total. The Kier molecular flexibility index (Phi) is 3.61. The highest BCUT2D eigenvalue weighted by atomic mass is 32.2. The summed E-state index contributed by atoms with van der Waals surface area (Å²) in [5, 5.41) is 2.11. The second-order valence-corrected chi connectivity index (χ2v) is 8.37. The zero-order valence-electron chi connectivity index (χ0n) is 11.6. The molecule has 2 fully saturated rings. The van der Waals surface area contributed by atoms with Crippen LogP contribution in [0.2, 0.25) is 0 Å². The van der Waals surface area contributed by atoms with Crippen LogP contribution in [0.25, 0.3) is 0 Å². The number of para-hydroxylation sites is 1. The van der Waals surface area contributed by atoms with Gasteiger partial charge in [-0.3, -0.25) is 4.84 Å². The van der Waals surface area contributed by atoms with E-state index in [1.54, 1.807) is 0 Å². The summed E-state index contributed by atoms with van der Waals surface area (Å²) in [7, 11) is 0. The van der Waals surface area contributed by atoms with Crippen molar-refractivity contribution in [3.8, 4) is 0 Å². The fourth-order valence-electron chi connectivity index (χ4n) is 3.03. The van der Waals surface area contributed by atoms with Gasteiger partial charge in [0.25, 0.3) is 0 Å². The first-order valence-electron chi connectivity index (χ1n) is 7.19. The summed E-state index contributed by atoms with van der Waals surface area (Å²) in [4.78, 5) is 6.14. The Hall–Kier alpha value is -1.10. The van der Waals surface area contributed by atoms with Crippen LogP contribution in [-0.2, 0) is 4.84 Å². The molecule has 0 saturated carbocycles. The minimum absolute atomic E-state index is 0.122. The van der Waals surface area contributed by atoms with E-state index in [-0.39, 0.29) is 10.1 Å². The third kappa shape index (κ3) is 2.35. The third-order valence-corrected chi connectivity index (χ3v) is 7.40. The van der Waals surface area contributed by atoms with Crippen molar-refractivity contribution in [1.29, 1.82) is 0 Å². The van der Waals surface area contributed by atoms with E-state index in [1.807, 2.05) is 29.6 Å². The molecule has 1 atom stereocenters. The van der Waals surface area contributed by atoms with E-state index >= 15 is 0 Å². The summed E-state index contributed by atoms with van der Waals surface area (Å²) in [6, 6.07) is 21.5. The van der Waals surface area contributed by atoms with Crippen LogP contribution in [0.4, 0.5) is 5.69 Å². The van der Waals surface area contributed by atoms with Crippen molar-refractivity contribution in [1.82, 2.24) is 0 Å². The number of anilines is 1. The van der Waals surface area contributed by atoms with Gasteiger partial charge in [-0.25, -0.2) is 5.06 Å². The van der Waals surface area contributed by atoms with Crippen molar-refractivity contribution in [3.05, 3.63) is 66.2 Å². The van der Waals surface area contributed by atoms with Gasteiger partial charge in [0.15, 0.2) is 0 Å². The largest absolute Gasteiger partial charge is 0.270 e. The summed E-state index contributed by atoms with van der Waals surface area (Å²) >= 11 is 4.10. The van der Waals surface area contributed by atoms with Gasteiger partial charge < -0.3 is 0 Å². The Morgan fingerprint density at radius 3 is 2.19 bits per heavy atom. The van der Waals surface area contributed by atoms with Gasteiger partial charge in [0.05, 0.1) is 5.69 Å². The topological polar surface area (TPSA) is 12.5 Å². The van der Waals surface area contributed by atoms with Gasteiger partial charge >= 0.3 is 0 Å². The molecule has 4 rings (SSSR count). The number of nitrogens with zero attached hydrogens (tertiary/aromatic N) is 1. The zero-order chi connectivity index (χ0) is 14.1. The molecule has 0 amide bonds. The van der Waals surface area contributed by atoms with Gasteiger partial charge in [0.1, 0.15) is 16.7 Å². The molecule has 0 radical (unpaired) electrons. The summed E-state index contributed by atoms with van der Waals surface area (Å²) in [5.74, 6) is 2.42. The second-order valence-electron chi connectivity index (χ2n) is 5.26. The van der Waals surface area contributed by atoms with E-state index in [2.05, 4.69) is 59.7 Å². The summed E-state index contributed by atoms with van der Waals surface area (Å²) < 4.78 is 0.122. The van der Waals surface area contributed by atoms with Gasteiger partial charge in [-0.15, -0.1) is 23.5 Å². The maximum atomic E-state index is 6.14. The second kappa shape index (κ2) is 5.59. The Morgan fingerprint density at radius 1 is 0.905 bits per heavy atom. The van der Waals surface area contributed by atoms with Crippen molar-refractivity contribution < 1.29 is 4.84 Å². The summed E-state index contributed by atoms with van der Waals surface area (Å²) in [6.45, 7) is 0.775. The molecule has 0 aliphatic carbocycles. The number of hydroxylamine groups is 1. The first-order chi connectivity index (χ1) is 10.4. The summed E-state index contributed by atoms with van der Waals surface area (Å²) in [5.41, 5.74) is 2.47. The fraction of sp³-hybridized carbons (Fsp3) is 0.294. The molecular weight excluding hydrogens is 298 g/mol. The molecular formula is C17H17NOS2. The van der Waals surface area contributed by atoms with Gasteiger partial charge in [-0.2, -0.15) is 0 Å². The van der Waals surface area contributed by atoms with Crippen LogP contribution in [0.1, 0.15) is 11.6 Å². The predicted octanol–water partition coefficient (Wildman–Crippen LogP) is 4.36. The fourth-order valence-corrected chi connectivity index (χ4v) is 6.27. The van der Waals surface area contributed by atoms with E-state index < -0.39 is 0 Å². The maximum absolute atomic E-state index is 6.14. The Balaban J connectivity index is 1.77. The lowest BCUT2D eigenvalue weighted by molar-refractivity contribution is 0.158. The molecule has 2 heterocycles. The van der Waals surface area contributed by atoms with Gasteiger partial charge in [0, 0.05) is 11.5 Å². The highest BCUT2D eigenvalue weighted by Crippen LogP contribution is 2.58. The average Bonchev–Trinajstić information content (AvgIpc) is 3.17. The molecule has 21 heavy (non-hydrogen) atoms. The minimum atomic E-state index is 0.122.